The molecule has 4 aromatic carbocycles. The van der Waals surface area contributed by atoms with Crippen molar-refractivity contribution in [3.05, 3.63) is 131 Å². The summed E-state index contributed by atoms with van der Waals surface area (Å²) < 4.78 is 66.3. The lowest BCUT2D eigenvalue weighted by atomic mass is 10.00. The maximum absolute atomic E-state index is 13.8. The van der Waals surface area contributed by atoms with Crippen LogP contribution in [0.15, 0.2) is 103 Å². The summed E-state index contributed by atoms with van der Waals surface area (Å²) in [6.45, 7) is -0.0208. The van der Waals surface area contributed by atoms with Crippen LogP contribution in [-0.4, -0.2) is 44.4 Å². The molecule has 0 bridgehead atoms. The minimum atomic E-state index is -4.48. The zero-order valence-corrected chi connectivity index (χ0v) is 25.0. The predicted molar refractivity (Wildman–Crippen MR) is 165 cm³/mol. The molecule has 2 atom stereocenters. The van der Waals surface area contributed by atoms with E-state index >= 15 is 0 Å². The van der Waals surface area contributed by atoms with Gasteiger partial charge in [-0.25, -0.2) is 12.7 Å². The summed E-state index contributed by atoms with van der Waals surface area (Å²) in [5, 5.41) is 26.3. The number of rotatable bonds is 12. The Hall–Kier alpha value is -4.70. The van der Waals surface area contributed by atoms with E-state index in [9.17, 15) is 36.8 Å². The van der Waals surface area contributed by atoms with Gasteiger partial charge in [0.2, 0.25) is 10.0 Å². The molecule has 1 amide bonds. The van der Waals surface area contributed by atoms with Crippen LogP contribution in [0.4, 0.5) is 24.5 Å². The normalized spacial score (nSPS) is 13.0. The number of benzene rings is 4. The lowest BCUT2D eigenvalue weighted by molar-refractivity contribution is -0.137. The SMILES string of the molecule is CS(=O)(=O)N(c1cccc(C#N)c1)c1ccccc1C(=O)N[C@@H](Cc1ccccc1)[C@H](O)CNCc1cccc(C(F)(F)F)c1. The zero-order chi connectivity index (χ0) is 32.6. The number of carbonyl (C=O) groups excluding carboxylic acids is 1. The smallest absolute Gasteiger partial charge is 0.390 e. The van der Waals surface area contributed by atoms with Gasteiger partial charge < -0.3 is 15.7 Å². The summed E-state index contributed by atoms with van der Waals surface area (Å²) in [5.74, 6) is -0.659. The second-order valence-corrected chi connectivity index (χ2v) is 12.2. The van der Waals surface area contributed by atoms with E-state index in [-0.39, 0.29) is 42.0 Å². The largest absolute Gasteiger partial charge is 0.416 e. The van der Waals surface area contributed by atoms with E-state index in [0.717, 1.165) is 28.3 Å². The summed E-state index contributed by atoms with van der Waals surface area (Å²) in [5.41, 5.74) is 0.839. The molecule has 4 rings (SSSR count). The van der Waals surface area contributed by atoms with Crippen molar-refractivity contribution in [1.82, 2.24) is 10.6 Å². The number of amides is 1. The van der Waals surface area contributed by atoms with Gasteiger partial charge in [0.25, 0.3) is 5.91 Å². The first-order chi connectivity index (χ1) is 21.4. The summed E-state index contributed by atoms with van der Waals surface area (Å²) in [4.78, 5) is 13.8. The molecule has 0 aromatic heterocycles. The number of nitriles is 1. The second-order valence-electron chi connectivity index (χ2n) is 10.4. The number of nitrogens with zero attached hydrogens (tertiary/aromatic N) is 2. The molecule has 4 aromatic rings. The van der Waals surface area contributed by atoms with Crippen molar-refractivity contribution in [2.75, 3.05) is 17.1 Å². The summed E-state index contributed by atoms with van der Waals surface area (Å²) in [6.07, 6.45) is -4.47. The fourth-order valence-corrected chi connectivity index (χ4v) is 5.83. The van der Waals surface area contributed by atoms with Gasteiger partial charge in [0.15, 0.2) is 0 Å². The second kappa shape index (κ2) is 14.4. The van der Waals surface area contributed by atoms with Gasteiger partial charge in [0.05, 0.1) is 52.5 Å². The number of alkyl halides is 3. The number of aliphatic hydroxyl groups is 1. The van der Waals surface area contributed by atoms with E-state index in [1.54, 1.807) is 24.3 Å². The van der Waals surface area contributed by atoms with Crippen LogP contribution < -0.4 is 14.9 Å². The first-order valence-electron chi connectivity index (χ1n) is 13.9. The number of anilines is 2. The lowest BCUT2D eigenvalue weighted by Gasteiger charge is -2.27. The molecule has 0 heterocycles. The molecular formula is C33H31F3N4O4S. The van der Waals surface area contributed by atoms with Gasteiger partial charge in [0.1, 0.15) is 0 Å². The summed E-state index contributed by atoms with van der Waals surface area (Å²) in [6, 6.07) is 27.1. The topological polar surface area (TPSA) is 123 Å². The van der Waals surface area contributed by atoms with Crippen LogP contribution in [0.2, 0.25) is 0 Å². The van der Waals surface area contributed by atoms with Gasteiger partial charge in [-0.3, -0.25) is 4.79 Å². The van der Waals surface area contributed by atoms with Crippen molar-refractivity contribution in [2.45, 2.75) is 31.3 Å². The molecule has 0 fully saturated rings. The minimum Gasteiger partial charge on any atom is -0.390 e. The first-order valence-corrected chi connectivity index (χ1v) is 15.7. The molecular weight excluding hydrogens is 605 g/mol. The van der Waals surface area contributed by atoms with Crippen LogP contribution in [0, 0.1) is 11.3 Å². The number of nitrogens with one attached hydrogen (secondary N) is 2. The predicted octanol–water partition coefficient (Wildman–Crippen LogP) is 5.17. The van der Waals surface area contributed by atoms with Crippen LogP contribution in [0.5, 0.6) is 0 Å². The molecule has 3 N–H and O–H groups in total. The molecule has 0 aliphatic rings. The van der Waals surface area contributed by atoms with Crippen molar-refractivity contribution in [1.29, 1.82) is 5.26 Å². The molecule has 0 spiro atoms. The zero-order valence-electron chi connectivity index (χ0n) is 24.2. The van der Waals surface area contributed by atoms with Gasteiger partial charge in [-0.05, 0) is 53.9 Å². The van der Waals surface area contributed by atoms with Gasteiger partial charge in [-0.1, -0.05) is 66.7 Å². The molecule has 12 heteroatoms. The Morgan fingerprint density at radius 1 is 0.933 bits per heavy atom. The Labute approximate surface area is 259 Å². The van der Waals surface area contributed by atoms with Crippen molar-refractivity contribution in [3.8, 4) is 6.07 Å². The molecule has 0 saturated carbocycles. The highest BCUT2D eigenvalue weighted by molar-refractivity contribution is 7.92. The third-order valence-electron chi connectivity index (χ3n) is 6.93. The van der Waals surface area contributed by atoms with Crippen molar-refractivity contribution < 1.29 is 31.5 Å². The fourth-order valence-electron chi connectivity index (χ4n) is 4.82. The van der Waals surface area contributed by atoms with Crippen LogP contribution in [0.25, 0.3) is 0 Å². The molecule has 0 saturated heterocycles. The van der Waals surface area contributed by atoms with Gasteiger partial charge in [0, 0.05) is 13.1 Å². The van der Waals surface area contributed by atoms with Crippen LogP contribution in [0.1, 0.15) is 32.6 Å². The highest BCUT2D eigenvalue weighted by atomic mass is 32.2. The summed E-state index contributed by atoms with van der Waals surface area (Å²) in [7, 11) is -3.98. The van der Waals surface area contributed by atoms with Crippen LogP contribution >= 0.6 is 0 Å². The maximum Gasteiger partial charge on any atom is 0.416 e. The van der Waals surface area contributed by atoms with E-state index < -0.39 is 39.8 Å². The summed E-state index contributed by atoms with van der Waals surface area (Å²) >= 11 is 0. The number of halogens is 3. The number of para-hydroxylation sites is 1. The van der Waals surface area contributed by atoms with E-state index in [1.807, 2.05) is 24.3 Å². The third-order valence-corrected chi connectivity index (χ3v) is 8.00. The van der Waals surface area contributed by atoms with Crippen molar-refractivity contribution in [3.63, 3.8) is 0 Å². The van der Waals surface area contributed by atoms with E-state index in [4.69, 9.17) is 0 Å². The molecule has 234 valence electrons. The maximum atomic E-state index is 13.8. The number of carbonyl (C=O) groups is 1. The molecule has 0 radical (unpaired) electrons. The molecule has 45 heavy (non-hydrogen) atoms. The number of hydrogen-bond acceptors (Lipinski definition) is 6. The average molecular weight is 637 g/mol. The quantitative estimate of drug-likeness (QED) is 0.197. The molecule has 0 aliphatic carbocycles. The minimum absolute atomic E-state index is 0.00692. The Balaban J connectivity index is 1.59. The number of hydrogen-bond donors (Lipinski definition) is 3. The first kappa shape index (κ1) is 33.2. The fraction of sp³-hybridized carbons (Fsp3) is 0.212. The Kier molecular flexibility index (Phi) is 10.6. The Morgan fingerprint density at radius 3 is 2.29 bits per heavy atom. The highest BCUT2D eigenvalue weighted by Gasteiger charge is 2.31. The van der Waals surface area contributed by atoms with Gasteiger partial charge in [-0.2, -0.15) is 18.4 Å². The standard InChI is InChI=1S/C33H31F3N4O4S/c1-45(43,44)40(27-14-8-11-24(18-27)20-37)30-16-6-5-15-28(30)32(42)39-29(19-23-9-3-2-4-10-23)31(41)22-38-21-25-12-7-13-26(17-25)33(34,35)36/h2-18,29,31,38,41H,19,21-22H2,1H3,(H,39,42)/t29-,31+/m0/s1. The Morgan fingerprint density at radius 2 is 1.60 bits per heavy atom. The molecule has 0 unspecified atom stereocenters. The van der Waals surface area contributed by atoms with E-state index in [2.05, 4.69) is 10.6 Å². The van der Waals surface area contributed by atoms with Crippen LogP contribution in [-0.2, 0) is 29.2 Å². The average Bonchev–Trinajstić information content (AvgIpc) is 3.00. The van der Waals surface area contributed by atoms with Crippen LogP contribution in [0.3, 0.4) is 0 Å². The lowest BCUT2D eigenvalue weighted by Crippen LogP contribution is -2.49. The number of sulfonamides is 1. The van der Waals surface area contributed by atoms with Gasteiger partial charge >= 0.3 is 6.18 Å². The van der Waals surface area contributed by atoms with Crippen molar-refractivity contribution in [2.24, 2.45) is 0 Å². The monoisotopic (exact) mass is 636 g/mol. The van der Waals surface area contributed by atoms with Gasteiger partial charge in [-0.15, -0.1) is 0 Å². The Bertz CT molecular complexity index is 1780. The molecule has 8 nitrogen and oxygen atoms in total. The third kappa shape index (κ3) is 8.92. The highest BCUT2D eigenvalue weighted by Crippen LogP contribution is 2.32. The van der Waals surface area contributed by atoms with Crippen molar-refractivity contribution >= 4 is 27.3 Å². The number of aliphatic hydroxyl groups excluding tert-OH is 1. The molecule has 0 aliphatic heterocycles. The van der Waals surface area contributed by atoms with E-state index in [1.165, 1.54) is 48.5 Å². The van der Waals surface area contributed by atoms with E-state index in [0.29, 0.717) is 5.56 Å².